The maximum Gasteiger partial charge on any atom is 0.210 e. The summed E-state index contributed by atoms with van der Waals surface area (Å²) >= 11 is 1.41. The fraction of sp³-hybridized carbons (Fsp3) is 0.750. The minimum Gasteiger partial charge on any atom is -0.217 e. The second-order valence-corrected chi connectivity index (χ2v) is 4.23. The topological polar surface area (TPSA) is 67.4 Å². The quantitative estimate of drug-likeness (QED) is 0.704. The molecule has 1 aliphatic carbocycles. The molecule has 0 aliphatic heterocycles. The molecule has 5 nitrogen and oxygen atoms in total. The molecule has 6 heteroatoms. The van der Waals surface area contributed by atoms with Gasteiger partial charge in [-0.05, 0) is 23.3 Å². The first-order valence-electron chi connectivity index (χ1n) is 4.69. The summed E-state index contributed by atoms with van der Waals surface area (Å²) in [4.78, 5) is 0. The van der Waals surface area contributed by atoms with Crippen LogP contribution in [0.4, 0.5) is 0 Å². The Labute approximate surface area is 86.5 Å². The third kappa shape index (κ3) is 1.87. The Hall–Kier alpha value is -1.09. The minimum atomic E-state index is 0.410. The van der Waals surface area contributed by atoms with Gasteiger partial charge in [0.25, 0.3) is 0 Å². The van der Waals surface area contributed by atoms with Crippen molar-refractivity contribution in [2.24, 2.45) is 0 Å². The molecule has 0 saturated heterocycles. The predicted octanol–water partition coefficient (Wildman–Crippen LogP) is 1.40. The summed E-state index contributed by atoms with van der Waals surface area (Å²) in [5, 5.41) is 20.8. The van der Waals surface area contributed by atoms with Crippen molar-refractivity contribution in [2.75, 3.05) is 5.75 Å². The van der Waals surface area contributed by atoms with Gasteiger partial charge >= 0.3 is 0 Å². The number of tetrazole rings is 1. The maximum atomic E-state index is 8.47. The Kier molecular flexibility index (Phi) is 2.99. The normalized spacial score (nSPS) is 17.1. The van der Waals surface area contributed by atoms with Gasteiger partial charge in [0.2, 0.25) is 5.16 Å². The van der Waals surface area contributed by atoms with Crippen LogP contribution < -0.4 is 0 Å². The van der Waals surface area contributed by atoms with Gasteiger partial charge in [0.1, 0.15) is 0 Å². The molecule has 2 rings (SSSR count). The number of nitriles is 1. The summed E-state index contributed by atoms with van der Waals surface area (Å²) in [6.07, 6.45) is 4.83. The van der Waals surface area contributed by atoms with Gasteiger partial charge in [0, 0.05) is 0 Å². The first-order chi connectivity index (χ1) is 6.92. The van der Waals surface area contributed by atoms with Gasteiger partial charge in [0.15, 0.2) is 0 Å². The van der Waals surface area contributed by atoms with E-state index in [2.05, 4.69) is 21.6 Å². The number of hydrogen-bond donors (Lipinski definition) is 0. The number of rotatable bonds is 3. The van der Waals surface area contributed by atoms with Crippen molar-refractivity contribution in [2.45, 2.75) is 36.9 Å². The summed E-state index contributed by atoms with van der Waals surface area (Å²) in [5.41, 5.74) is 0. The number of hydrogen-bond acceptors (Lipinski definition) is 5. The second kappa shape index (κ2) is 4.42. The molecule has 0 radical (unpaired) electrons. The lowest BCUT2D eigenvalue weighted by Crippen LogP contribution is -2.08. The van der Waals surface area contributed by atoms with Crippen LogP contribution >= 0.6 is 11.8 Å². The fourth-order valence-electron chi connectivity index (χ4n) is 1.76. The van der Waals surface area contributed by atoms with E-state index in [1.807, 2.05) is 4.68 Å². The molecule has 1 heterocycles. The van der Waals surface area contributed by atoms with Crippen molar-refractivity contribution >= 4 is 11.8 Å². The standard InChI is InChI=1S/C8H11N5S/c9-5-6-14-8-10-11-12-13(8)7-3-1-2-4-7/h7H,1-4,6H2. The summed E-state index contributed by atoms with van der Waals surface area (Å²) in [7, 11) is 0. The maximum absolute atomic E-state index is 8.47. The Morgan fingerprint density at radius 3 is 3.00 bits per heavy atom. The van der Waals surface area contributed by atoms with Crippen molar-refractivity contribution in [3.05, 3.63) is 0 Å². The van der Waals surface area contributed by atoms with Gasteiger partial charge in [0.05, 0.1) is 17.9 Å². The van der Waals surface area contributed by atoms with Crippen LogP contribution in [0, 0.1) is 11.3 Å². The SMILES string of the molecule is N#CCSc1nnnn1C1CCCC1. The number of thioether (sulfide) groups is 1. The van der Waals surface area contributed by atoms with Gasteiger partial charge in [-0.15, -0.1) is 5.10 Å². The average molecular weight is 209 g/mol. The zero-order chi connectivity index (χ0) is 9.80. The molecule has 1 fully saturated rings. The van der Waals surface area contributed by atoms with Crippen molar-refractivity contribution in [3.8, 4) is 6.07 Å². The largest absolute Gasteiger partial charge is 0.217 e. The lowest BCUT2D eigenvalue weighted by molar-refractivity contribution is 0.423. The highest BCUT2D eigenvalue weighted by molar-refractivity contribution is 7.99. The molecule has 0 atom stereocenters. The van der Waals surface area contributed by atoms with E-state index < -0.39 is 0 Å². The van der Waals surface area contributed by atoms with E-state index in [0.717, 1.165) is 18.0 Å². The van der Waals surface area contributed by atoms with Crippen molar-refractivity contribution in [3.63, 3.8) is 0 Å². The van der Waals surface area contributed by atoms with E-state index in [1.165, 1.54) is 24.6 Å². The Bertz CT molecular complexity index is 336. The van der Waals surface area contributed by atoms with Crippen LogP contribution in [0.3, 0.4) is 0 Å². The lowest BCUT2D eigenvalue weighted by Gasteiger charge is -2.09. The van der Waals surface area contributed by atoms with Gasteiger partial charge in [-0.2, -0.15) is 5.26 Å². The van der Waals surface area contributed by atoms with Gasteiger partial charge < -0.3 is 0 Å². The summed E-state index contributed by atoms with van der Waals surface area (Å²) in [6, 6.07) is 2.53. The molecule has 1 aromatic heterocycles. The van der Waals surface area contributed by atoms with E-state index in [0.29, 0.717) is 11.8 Å². The molecular formula is C8H11N5S. The van der Waals surface area contributed by atoms with Crippen molar-refractivity contribution < 1.29 is 0 Å². The highest BCUT2D eigenvalue weighted by Gasteiger charge is 2.21. The molecule has 0 unspecified atom stereocenters. The Balaban J connectivity index is 2.08. The smallest absolute Gasteiger partial charge is 0.210 e. The first kappa shape index (κ1) is 9.46. The van der Waals surface area contributed by atoms with E-state index >= 15 is 0 Å². The minimum absolute atomic E-state index is 0.410. The second-order valence-electron chi connectivity index (χ2n) is 3.29. The van der Waals surface area contributed by atoms with E-state index in [1.54, 1.807) is 0 Å². The third-order valence-electron chi connectivity index (χ3n) is 2.40. The molecule has 1 saturated carbocycles. The molecule has 74 valence electrons. The van der Waals surface area contributed by atoms with Crippen LogP contribution in [-0.2, 0) is 0 Å². The molecule has 1 aliphatic rings. The monoisotopic (exact) mass is 209 g/mol. The van der Waals surface area contributed by atoms with Crippen molar-refractivity contribution in [1.82, 2.24) is 20.2 Å². The Morgan fingerprint density at radius 2 is 2.29 bits per heavy atom. The molecule has 14 heavy (non-hydrogen) atoms. The van der Waals surface area contributed by atoms with Crippen molar-refractivity contribution in [1.29, 1.82) is 5.26 Å². The molecular weight excluding hydrogens is 198 g/mol. The van der Waals surface area contributed by atoms with Gasteiger partial charge in [-0.1, -0.05) is 24.6 Å². The zero-order valence-electron chi connectivity index (χ0n) is 7.76. The number of nitrogens with zero attached hydrogens (tertiary/aromatic N) is 5. The summed E-state index contributed by atoms with van der Waals surface area (Å²) in [5.74, 6) is 0.410. The first-order valence-corrected chi connectivity index (χ1v) is 5.68. The predicted molar refractivity (Wildman–Crippen MR) is 51.7 cm³/mol. The van der Waals surface area contributed by atoms with Crippen LogP contribution in [0.2, 0.25) is 0 Å². The third-order valence-corrected chi connectivity index (χ3v) is 3.20. The summed E-state index contributed by atoms with van der Waals surface area (Å²) < 4.78 is 1.87. The van der Waals surface area contributed by atoms with E-state index in [4.69, 9.17) is 5.26 Å². The van der Waals surface area contributed by atoms with Crippen LogP contribution in [0.15, 0.2) is 5.16 Å². The van der Waals surface area contributed by atoms with Gasteiger partial charge in [-0.3, -0.25) is 0 Å². The molecule has 0 amide bonds. The molecule has 1 aromatic rings. The molecule has 0 aromatic carbocycles. The molecule has 0 N–H and O–H groups in total. The lowest BCUT2D eigenvalue weighted by atomic mass is 10.3. The fourth-order valence-corrected chi connectivity index (χ4v) is 2.36. The van der Waals surface area contributed by atoms with Crippen LogP contribution in [0.5, 0.6) is 0 Å². The highest BCUT2D eigenvalue weighted by Crippen LogP contribution is 2.31. The number of aromatic nitrogens is 4. The highest BCUT2D eigenvalue weighted by atomic mass is 32.2. The van der Waals surface area contributed by atoms with E-state index in [9.17, 15) is 0 Å². The summed E-state index contributed by atoms with van der Waals surface area (Å²) in [6.45, 7) is 0. The van der Waals surface area contributed by atoms with Crippen LogP contribution in [-0.4, -0.2) is 26.0 Å². The molecule has 0 spiro atoms. The average Bonchev–Trinajstić information content (AvgIpc) is 2.84. The van der Waals surface area contributed by atoms with Gasteiger partial charge in [-0.25, -0.2) is 4.68 Å². The van der Waals surface area contributed by atoms with Crippen LogP contribution in [0.25, 0.3) is 0 Å². The van der Waals surface area contributed by atoms with Crippen LogP contribution in [0.1, 0.15) is 31.7 Å². The molecule has 0 bridgehead atoms. The Morgan fingerprint density at radius 1 is 1.50 bits per heavy atom. The van der Waals surface area contributed by atoms with E-state index in [-0.39, 0.29) is 0 Å². The zero-order valence-corrected chi connectivity index (χ0v) is 8.57.